The van der Waals surface area contributed by atoms with E-state index in [-0.39, 0.29) is 36.1 Å². The van der Waals surface area contributed by atoms with Crippen molar-refractivity contribution in [1.82, 2.24) is 19.1 Å². The van der Waals surface area contributed by atoms with Crippen molar-refractivity contribution in [2.75, 3.05) is 13.2 Å². The number of nitrogens with one attached hydrogen (secondary N) is 2. The summed E-state index contributed by atoms with van der Waals surface area (Å²) < 4.78 is 42.0. The summed E-state index contributed by atoms with van der Waals surface area (Å²) >= 11 is 5.68. The zero-order valence-corrected chi connectivity index (χ0v) is 40.2. The molecule has 61 heavy (non-hydrogen) atoms. The fourth-order valence-corrected chi connectivity index (χ4v) is 15.2. The van der Waals surface area contributed by atoms with E-state index >= 15 is 0 Å². The highest BCUT2D eigenvalue weighted by molar-refractivity contribution is 8.07. The summed E-state index contributed by atoms with van der Waals surface area (Å²) in [5.74, 6) is 0. The Bertz CT molecular complexity index is 2430. The van der Waals surface area contributed by atoms with E-state index in [1.54, 1.807) is 13.8 Å². The molecule has 4 heterocycles. The molecule has 2 fully saturated rings. The van der Waals surface area contributed by atoms with Crippen molar-refractivity contribution in [3.05, 3.63) is 126 Å². The Hall–Kier alpha value is -3.40. The molecule has 2 saturated heterocycles. The minimum Gasteiger partial charge on any atom is -0.411 e. The zero-order valence-electron chi connectivity index (χ0n) is 36.5. The molecule has 4 aromatic rings. The molecule has 2 aliphatic heterocycles. The average molecular weight is 915 g/mol. The molecule has 1 unspecified atom stereocenters. The van der Waals surface area contributed by atoms with Crippen LogP contribution in [0.2, 0.25) is 23.2 Å². The maximum absolute atomic E-state index is 13.1. The standard InChI is InChI=1S/C42H59N4O11PSSi2/c1-27-23-45(39(49)43-37(27)47)35-21-31(34(55-35)26-53-61(42(6,7)8,29-17-13-11-14-18-29)30-19-15-12-16-20-30)56-58(51,59)52-25-33-32(57-60(9,10)41(3,4)5)22-36(54-33)46-24-28(2)38(48)44-40(46)50/h11-20,23-24,31-36H,21-22,25-26H2,1-10H3,(H,51,59)(H,43,47,49)(H,44,48,50)/t31-,32-,33+,34+,35+,36+,58?/m0/s1. The first-order chi connectivity index (χ1) is 28.4. The lowest BCUT2D eigenvalue weighted by Gasteiger charge is -2.43. The number of aromatic nitrogens is 4. The molecule has 0 aliphatic carbocycles. The Kier molecular flexibility index (Phi) is 13.9. The topological polar surface area (TPSA) is 185 Å². The summed E-state index contributed by atoms with van der Waals surface area (Å²) in [5, 5.41) is 1.57. The summed E-state index contributed by atoms with van der Waals surface area (Å²) in [6.45, 7) is 15.9. The maximum Gasteiger partial charge on any atom is 0.330 e. The SMILES string of the molecule is Cc1cn([C@H]2C[C@H](O[Si](C)(C)C(C)(C)C)[C@@H](COP(O)(=S)O[C@H]3C[C@H](n4cc(C)c(=O)[nH]c4=O)O[C@@H]3CO[Si](c3ccccc3)(c3ccccc3)C(C)(C)C)O2)c(=O)[nH]c1=O. The molecule has 2 aliphatic rings. The van der Waals surface area contributed by atoms with Gasteiger partial charge in [0, 0.05) is 36.4 Å². The Morgan fingerprint density at radius 3 is 1.62 bits per heavy atom. The van der Waals surface area contributed by atoms with Gasteiger partial charge in [-0.3, -0.25) is 28.7 Å². The molecule has 2 aromatic carbocycles. The molecule has 19 heteroatoms. The predicted molar refractivity (Wildman–Crippen MR) is 242 cm³/mol. The van der Waals surface area contributed by atoms with Crippen LogP contribution < -0.4 is 32.9 Å². The Morgan fingerprint density at radius 2 is 1.18 bits per heavy atom. The highest BCUT2D eigenvalue weighted by Crippen LogP contribution is 2.50. The van der Waals surface area contributed by atoms with Gasteiger partial charge < -0.3 is 32.3 Å². The van der Waals surface area contributed by atoms with Crippen LogP contribution in [0.1, 0.15) is 78.0 Å². The Labute approximate surface area is 362 Å². The Balaban J connectivity index is 1.29. The van der Waals surface area contributed by atoms with Crippen LogP contribution in [-0.4, -0.2) is 78.3 Å². The molecule has 3 N–H and O–H groups in total. The molecule has 0 bridgehead atoms. The minimum absolute atomic E-state index is 0.00402. The molecule has 15 nitrogen and oxygen atoms in total. The number of nitrogens with zero attached hydrogens (tertiary/aromatic N) is 2. The number of aromatic amines is 2. The van der Waals surface area contributed by atoms with Crippen LogP contribution in [0.25, 0.3) is 0 Å². The van der Waals surface area contributed by atoms with E-state index in [4.69, 9.17) is 39.2 Å². The van der Waals surface area contributed by atoms with Gasteiger partial charge in [0.05, 0.1) is 25.4 Å². The van der Waals surface area contributed by atoms with Crippen molar-refractivity contribution in [2.24, 2.45) is 0 Å². The molecule has 7 atom stereocenters. The van der Waals surface area contributed by atoms with E-state index in [0.29, 0.717) is 11.1 Å². The van der Waals surface area contributed by atoms with Gasteiger partial charge in [-0.15, -0.1) is 0 Å². The summed E-state index contributed by atoms with van der Waals surface area (Å²) in [7, 11) is -5.48. The van der Waals surface area contributed by atoms with E-state index in [2.05, 4.69) is 88.9 Å². The largest absolute Gasteiger partial charge is 0.411 e. The van der Waals surface area contributed by atoms with Gasteiger partial charge in [0.2, 0.25) is 0 Å². The number of H-pyrrole nitrogens is 2. The van der Waals surface area contributed by atoms with Gasteiger partial charge in [0.1, 0.15) is 24.7 Å². The van der Waals surface area contributed by atoms with Crippen molar-refractivity contribution >= 4 is 45.5 Å². The van der Waals surface area contributed by atoms with Crippen molar-refractivity contribution in [1.29, 1.82) is 0 Å². The summed E-state index contributed by atoms with van der Waals surface area (Å²) in [6.07, 6.45) is -1.57. The fourth-order valence-electron chi connectivity index (χ4n) is 7.77. The van der Waals surface area contributed by atoms with E-state index < -0.39 is 82.7 Å². The normalized spacial score (nSPS) is 23.6. The number of ether oxygens (including phenoxy) is 2. The number of aryl methyl sites for hydroxylation is 2. The molecule has 0 spiro atoms. The molecular formula is C42H59N4O11PSSi2. The van der Waals surface area contributed by atoms with Gasteiger partial charge in [0.15, 0.2) is 8.32 Å². The third kappa shape index (κ3) is 10.2. The smallest absolute Gasteiger partial charge is 0.330 e. The first-order valence-corrected chi connectivity index (χ1v) is 27.9. The molecule has 2 aromatic heterocycles. The van der Waals surface area contributed by atoms with Gasteiger partial charge in [-0.05, 0) is 59.2 Å². The molecule has 332 valence electrons. The summed E-state index contributed by atoms with van der Waals surface area (Å²) in [6, 6.07) is 20.2. The highest BCUT2D eigenvalue weighted by Gasteiger charge is 2.52. The summed E-state index contributed by atoms with van der Waals surface area (Å²) in [5.41, 5.74) is -1.63. The molecule has 0 radical (unpaired) electrons. The van der Waals surface area contributed by atoms with Crippen molar-refractivity contribution < 1.29 is 32.3 Å². The van der Waals surface area contributed by atoms with Crippen molar-refractivity contribution in [3.63, 3.8) is 0 Å². The van der Waals surface area contributed by atoms with Crippen LogP contribution in [0, 0.1) is 13.8 Å². The molecule has 0 amide bonds. The molecular weight excluding hydrogens is 856 g/mol. The summed E-state index contributed by atoms with van der Waals surface area (Å²) in [4.78, 5) is 67.0. The second kappa shape index (κ2) is 18.0. The second-order valence-electron chi connectivity index (χ2n) is 18.5. The van der Waals surface area contributed by atoms with E-state index in [0.717, 1.165) is 10.4 Å². The van der Waals surface area contributed by atoms with Crippen LogP contribution in [0.4, 0.5) is 0 Å². The Morgan fingerprint density at radius 1 is 0.738 bits per heavy atom. The van der Waals surface area contributed by atoms with Crippen LogP contribution >= 0.6 is 6.72 Å². The number of hydrogen-bond acceptors (Lipinski definition) is 11. The monoisotopic (exact) mass is 914 g/mol. The molecule has 6 rings (SSSR count). The maximum atomic E-state index is 13.1. The lowest BCUT2D eigenvalue weighted by atomic mass is 10.2. The number of hydrogen-bond donors (Lipinski definition) is 3. The van der Waals surface area contributed by atoms with E-state index in [1.807, 2.05) is 36.4 Å². The first-order valence-electron chi connectivity index (χ1n) is 20.5. The number of benzene rings is 2. The molecule has 0 saturated carbocycles. The highest BCUT2D eigenvalue weighted by atomic mass is 32.5. The second-order valence-corrected chi connectivity index (χ2v) is 30.3. The number of rotatable bonds is 14. The van der Waals surface area contributed by atoms with Crippen LogP contribution in [0.15, 0.2) is 92.2 Å². The third-order valence-electron chi connectivity index (χ3n) is 12.1. The van der Waals surface area contributed by atoms with Gasteiger partial charge in [-0.25, -0.2) is 9.59 Å². The van der Waals surface area contributed by atoms with Gasteiger partial charge >= 0.3 is 18.1 Å². The average Bonchev–Trinajstić information content (AvgIpc) is 3.76. The van der Waals surface area contributed by atoms with Crippen molar-refractivity contribution in [3.8, 4) is 0 Å². The van der Waals surface area contributed by atoms with Crippen LogP contribution in [0.3, 0.4) is 0 Å². The van der Waals surface area contributed by atoms with E-state index in [9.17, 15) is 24.1 Å². The fraction of sp³-hybridized carbons (Fsp3) is 0.524. The zero-order chi connectivity index (χ0) is 44.7. The lowest BCUT2D eigenvalue weighted by Crippen LogP contribution is -2.67. The third-order valence-corrected chi connectivity index (χ3v) is 23.2. The van der Waals surface area contributed by atoms with Crippen molar-refractivity contribution in [2.45, 2.75) is 128 Å². The van der Waals surface area contributed by atoms with Gasteiger partial charge in [0.25, 0.3) is 19.4 Å². The predicted octanol–water partition coefficient (Wildman–Crippen LogP) is 4.86. The minimum atomic E-state index is -4.09. The van der Waals surface area contributed by atoms with Gasteiger partial charge in [-0.2, -0.15) is 0 Å². The van der Waals surface area contributed by atoms with Crippen LogP contribution in [0.5, 0.6) is 0 Å². The lowest BCUT2D eigenvalue weighted by molar-refractivity contribution is -0.0506. The quantitative estimate of drug-likeness (QED) is 0.116. The van der Waals surface area contributed by atoms with E-state index in [1.165, 1.54) is 21.5 Å². The van der Waals surface area contributed by atoms with Gasteiger partial charge in [-0.1, -0.05) is 102 Å². The van der Waals surface area contributed by atoms with Crippen LogP contribution in [-0.2, 0) is 39.2 Å². The first kappa shape index (κ1) is 47.1.